The monoisotopic (exact) mass is 256 g/mol. The zero-order valence-electron chi connectivity index (χ0n) is 10.3. The zero-order chi connectivity index (χ0) is 12.8. The van der Waals surface area contributed by atoms with Crippen molar-refractivity contribution in [2.24, 2.45) is 5.92 Å². The third kappa shape index (κ3) is 3.63. The molecular formula is C13H17ClO3. The average molecular weight is 257 g/mol. The van der Waals surface area contributed by atoms with Crippen LogP contribution in [0, 0.1) is 5.92 Å². The fraction of sp³-hybridized carbons (Fsp3) is 0.462. The molecule has 0 fully saturated rings. The van der Waals surface area contributed by atoms with E-state index in [0.717, 1.165) is 12.8 Å². The maximum atomic E-state index is 11.8. The summed E-state index contributed by atoms with van der Waals surface area (Å²) < 4.78 is 10.3. The Balaban J connectivity index is 2.78. The van der Waals surface area contributed by atoms with Crippen LogP contribution in [0.1, 0.15) is 26.7 Å². The molecule has 0 heterocycles. The Hall–Kier alpha value is -1.22. The number of carbonyl (C=O) groups excluding carboxylic acids is 1. The SMILES string of the molecule is CCC(CC)C(=O)Oc1ccc(OC)cc1Cl. The largest absolute Gasteiger partial charge is 0.497 e. The number of halogens is 1. The van der Waals surface area contributed by atoms with Gasteiger partial charge in [-0.15, -0.1) is 0 Å². The van der Waals surface area contributed by atoms with E-state index >= 15 is 0 Å². The smallest absolute Gasteiger partial charge is 0.314 e. The lowest BCUT2D eigenvalue weighted by Crippen LogP contribution is -2.19. The van der Waals surface area contributed by atoms with Crippen LogP contribution in [-0.2, 0) is 4.79 Å². The van der Waals surface area contributed by atoms with Crippen LogP contribution in [-0.4, -0.2) is 13.1 Å². The highest BCUT2D eigenvalue weighted by atomic mass is 35.5. The summed E-state index contributed by atoms with van der Waals surface area (Å²) in [5.74, 6) is 0.705. The van der Waals surface area contributed by atoms with Crippen molar-refractivity contribution in [2.75, 3.05) is 7.11 Å². The maximum Gasteiger partial charge on any atom is 0.314 e. The Labute approximate surface area is 107 Å². The third-order valence-corrected chi connectivity index (χ3v) is 2.96. The van der Waals surface area contributed by atoms with Crippen molar-refractivity contribution >= 4 is 17.6 Å². The Bertz CT molecular complexity index is 386. The molecule has 0 atom stereocenters. The molecule has 0 saturated carbocycles. The standard InChI is InChI=1S/C13H17ClO3/c1-4-9(5-2)13(15)17-12-7-6-10(16-3)8-11(12)14/h6-9H,4-5H2,1-3H3. The lowest BCUT2D eigenvalue weighted by Gasteiger charge is -2.12. The molecule has 0 N–H and O–H groups in total. The summed E-state index contributed by atoms with van der Waals surface area (Å²) in [6.07, 6.45) is 1.53. The van der Waals surface area contributed by atoms with Gasteiger partial charge in [-0.05, 0) is 25.0 Å². The average Bonchev–Trinajstić information content (AvgIpc) is 2.33. The molecule has 0 aliphatic carbocycles. The Morgan fingerprint density at radius 3 is 2.47 bits per heavy atom. The van der Waals surface area contributed by atoms with Gasteiger partial charge in [-0.1, -0.05) is 25.4 Å². The van der Waals surface area contributed by atoms with Crippen molar-refractivity contribution in [1.82, 2.24) is 0 Å². The molecule has 17 heavy (non-hydrogen) atoms. The molecule has 0 amide bonds. The minimum absolute atomic E-state index is 0.0758. The first-order chi connectivity index (χ1) is 8.12. The summed E-state index contributed by atoms with van der Waals surface area (Å²) in [5, 5.41) is 0.378. The lowest BCUT2D eigenvalue weighted by atomic mass is 10.0. The van der Waals surface area contributed by atoms with Crippen LogP contribution >= 0.6 is 11.6 Å². The number of benzene rings is 1. The number of ether oxygens (including phenoxy) is 2. The van der Waals surface area contributed by atoms with E-state index in [2.05, 4.69) is 0 Å². The second-order valence-electron chi connectivity index (χ2n) is 3.73. The van der Waals surface area contributed by atoms with Crippen LogP contribution in [0.2, 0.25) is 5.02 Å². The van der Waals surface area contributed by atoms with Gasteiger partial charge in [0, 0.05) is 6.07 Å². The van der Waals surface area contributed by atoms with Gasteiger partial charge >= 0.3 is 5.97 Å². The number of rotatable bonds is 5. The summed E-state index contributed by atoms with van der Waals surface area (Å²) in [6, 6.07) is 4.97. The Kier molecular flexibility index (Phi) is 5.29. The van der Waals surface area contributed by atoms with E-state index in [4.69, 9.17) is 21.1 Å². The quantitative estimate of drug-likeness (QED) is 0.595. The van der Waals surface area contributed by atoms with E-state index in [0.29, 0.717) is 16.5 Å². The second-order valence-corrected chi connectivity index (χ2v) is 4.14. The van der Waals surface area contributed by atoms with Crippen molar-refractivity contribution < 1.29 is 14.3 Å². The minimum Gasteiger partial charge on any atom is -0.497 e. The van der Waals surface area contributed by atoms with Crippen molar-refractivity contribution in [1.29, 1.82) is 0 Å². The predicted octanol–water partition coefficient (Wildman–Crippen LogP) is 3.69. The molecule has 94 valence electrons. The molecular weight excluding hydrogens is 240 g/mol. The topological polar surface area (TPSA) is 35.5 Å². The summed E-state index contributed by atoms with van der Waals surface area (Å²) in [5.41, 5.74) is 0. The van der Waals surface area contributed by atoms with Crippen LogP contribution in [0.5, 0.6) is 11.5 Å². The number of carbonyl (C=O) groups is 1. The molecule has 3 nitrogen and oxygen atoms in total. The van der Waals surface area contributed by atoms with Gasteiger partial charge in [-0.3, -0.25) is 4.79 Å². The van der Waals surface area contributed by atoms with Gasteiger partial charge < -0.3 is 9.47 Å². The van der Waals surface area contributed by atoms with Crippen molar-refractivity contribution in [3.05, 3.63) is 23.2 Å². The van der Waals surface area contributed by atoms with Gasteiger partial charge in [0.2, 0.25) is 0 Å². The van der Waals surface area contributed by atoms with Crippen LogP contribution < -0.4 is 9.47 Å². The fourth-order valence-corrected chi connectivity index (χ4v) is 1.71. The van der Waals surface area contributed by atoms with E-state index in [-0.39, 0.29) is 11.9 Å². The van der Waals surface area contributed by atoms with Gasteiger partial charge in [0.1, 0.15) is 11.5 Å². The normalized spacial score (nSPS) is 10.4. The summed E-state index contributed by atoms with van der Waals surface area (Å²) in [4.78, 5) is 11.8. The van der Waals surface area contributed by atoms with E-state index in [1.54, 1.807) is 25.3 Å². The molecule has 0 aromatic heterocycles. The molecule has 0 aliphatic rings. The fourth-order valence-electron chi connectivity index (χ4n) is 1.51. The molecule has 1 rings (SSSR count). The Morgan fingerprint density at radius 2 is 2.00 bits per heavy atom. The van der Waals surface area contributed by atoms with Gasteiger partial charge in [0.25, 0.3) is 0 Å². The summed E-state index contributed by atoms with van der Waals surface area (Å²) in [6.45, 7) is 3.93. The summed E-state index contributed by atoms with van der Waals surface area (Å²) in [7, 11) is 1.56. The number of hydrogen-bond donors (Lipinski definition) is 0. The minimum atomic E-state index is -0.234. The highest BCUT2D eigenvalue weighted by Gasteiger charge is 2.17. The molecule has 1 aromatic rings. The van der Waals surface area contributed by atoms with E-state index in [1.165, 1.54) is 0 Å². The molecule has 0 radical (unpaired) electrons. The van der Waals surface area contributed by atoms with Crippen LogP contribution in [0.25, 0.3) is 0 Å². The lowest BCUT2D eigenvalue weighted by molar-refractivity contribution is -0.139. The zero-order valence-corrected chi connectivity index (χ0v) is 11.1. The van der Waals surface area contributed by atoms with Gasteiger partial charge in [0.15, 0.2) is 0 Å². The molecule has 0 aliphatic heterocycles. The number of hydrogen-bond acceptors (Lipinski definition) is 3. The van der Waals surface area contributed by atoms with Gasteiger partial charge in [-0.25, -0.2) is 0 Å². The Morgan fingerprint density at radius 1 is 1.35 bits per heavy atom. The van der Waals surface area contributed by atoms with E-state index in [1.807, 2.05) is 13.8 Å². The first kappa shape index (κ1) is 13.8. The highest BCUT2D eigenvalue weighted by Crippen LogP contribution is 2.29. The van der Waals surface area contributed by atoms with Gasteiger partial charge in [0.05, 0.1) is 18.1 Å². The van der Waals surface area contributed by atoms with Crippen LogP contribution in [0.4, 0.5) is 0 Å². The van der Waals surface area contributed by atoms with Gasteiger partial charge in [-0.2, -0.15) is 0 Å². The summed E-state index contributed by atoms with van der Waals surface area (Å²) >= 11 is 5.99. The molecule has 0 unspecified atom stereocenters. The molecule has 4 heteroatoms. The molecule has 0 bridgehead atoms. The number of methoxy groups -OCH3 is 1. The molecule has 0 spiro atoms. The van der Waals surface area contributed by atoms with Crippen molar-refractivity contribution in [3.8, 4) is 11.5 Å². The molecule has 0 saturated heterocycles. The first-order valence-electron chi connectivity index (χ1n) is 5.67. The van der Waals surface area contributed by atoms with Crippen molar-refractivity contribution in [3.63, 3.8) is 0 Å². The third-order valence-electron chi connectivity index (χ3n) is 2.67. The highest BCUT2D eigenvalue weighted by molar-refractivity contribution is 6.32. The van der Waals surface area contributed by atoms with Crippen LogP contribution in [0.15, 0.2) is 18.2 Å². The second kappa shape index (κ2) is 6.50. The number of esters is 1. The maximum absolute atomic E-state index is 11.8. The molecule has 1 aromatic carbocycles. The predicted molar refractivity (Wildman–Crippen MR) is 67.7 cm³/mol. The van der Waals surface area contributed by atoms with Crippen LogP contribution in [0.3, 0.4) is 0 Å². The first-order valence-corrected chi connectivity index (χ1v) is 6.05. The van der Waals surface area contributed by atoms with E-state index in [9.17, 15) is 4.79 Å². The van der Waals surface area contributed by atoms with E-state index < -0.39 is 0 Å². The van der Waals surface area contributed by atoms with Crippen molar-refractivity contribution in [2.45, 2.75) is 26.7 Å².